The van der Waals surface area contributed by atoms with Gasteiger partial charge in [0.15, 0.2) is 0 Å². The average molecular weight is 259 g/mol. The minimum absolute atomic E-state index is 0.00866. The van der Waals surface area contributed by atoms with Crippen molar-refractivity contribution in [3.63, 3.8) is 0 Å². The fourth-order valence-electron chi connectivity index (χ4n) is 2.13. The summed E-state index contributed by atoms with van der Waals surface area (Å²) < 4.78 is 0. The second kappa shape index (κ2) is 6.36. The largest absolute Gasteiger partial charge is 0.352 e. The first-order valence-electron chi connectivity index (χ1n) is 6.95. The van der Waals surface area contributed by atoms with Gasteiger partial charge in [-0.25, -0.2) is 4.98 Å². The predicted octanol–water partition coefficient (Wildman–Crippen LogP) is 3.18. The fourth-order valence-corrected chi connectivity index (χ4v) is 2.13. The van der Waals surface area contributed by atoms with E-state index in [0.29, 0.717) is 5.56 Å². The van der Waals surface area contributed by atoms with E-state index in [1.165, 1.54) is 19.3 Å². The quantitative estimate of drug-likeness (QED) is 0.783. The standard InChI is InChI=1S/C15H21N3O/c1-3-4-5-6-9-16-15(19)12-7-8-13-14(10-12)18-11(2)17-13/h7-8,10H,3-6,9H2,1-2H3,(H,16,19)(H,17,18). The lowest BCUT2D eigenvalue weighted by Crippen LogP contribution is -2.24. The Morgan fingerprint density at radius 1 is 1.32 bits per heavy atom. The average Bonchev–Trinajstić information content (AvgIpc) is 2.77. The minimum Gasteiger partial charge on any atom is -0.352 e. The Labute approximate surface area is 113 Å². The molecular weight excluding hydrogens is 238 g/mol. The number of H-pyrrole nitrogens is 1. The number of benzene rings is 1. The first-order valence-corrected chi connectivity index (χ1v) is 6.95. The fraction of sp³-hybridized carbons (Fsp3) is 0.467. The molecule has 0 aliphatic carbocycles. The number of aryl methyl sites for hydroxylation is 1. The molecule has 0 bridgehead atoms. The number of hydrogen-bond donors (Lipinski definition) is 2. The van der Waals surface area contributed by atoms with E-state index in [-0.39, 0.29) is 5.91 Å². The van der Waals surface area contributed by atoms with Crippen LogP contribution in [0.15, 0.2) is 18.2 Å². The molecule has 0 unspecified atom stereocenters. The topological polar surface area (TPSA) is 57.8 Å². The van der Waals surface area contributed by atoms with Crippen LogP contribution in [-0.2, 0) is 0 Å². The highest BCUT2D eigenvalue weighted by atomic mass is 16.1. The summed E-state index contributed by atoms with van der Waals surface area (Å²) in [5.74, 6) is 0.859. The second-order valence-corrected chi connectivity index (χ2v) is 4.87. The third kappa shape index (κ3) is 3.56. The normalized spacial score (nSPS) is 10.8. The summed E-state index contributed by atoms with van der Waals surface area (Å²) in [5, 5.41) is 2.96. The van der Waals surface area contributed by atoms with Crippen molar-refractivity contribution in [2.75, 3.05) is 6.54 Å². The van der Waals surface area contributed by atoms with Crippen LogP contribution in [0.3, 0.4) is 0 Å². The lowest BCUT2D eigenvalue weighted by Gasteiger charge is -2.04. The Hall–Kier alpha value is -1.84. The van der Waals surface area contributed by atoms with E-state index in [9.17, 15) is 4.79 Å². The highest BCUT2D eigenvalue weighted by Crippen LogP contribution is 2.13. The van der Waals surface area contributed by atoms with Gasteiger partial charge < -0.3 is 10.3 Å². The van der Waals surface area contributed by atoms with Crippen molar-refractivity contribution in [3.8, 4) is 0 Å². The van der Waals surface area contributed by atoms with Crippen LogP contribution in [0, 0.1) is 6.92 Å². The molecule has 0 fully saturated rings. The molecule has 1 aromatic heterocycles. The van der Waals surface area contributed by atoms with Crippen molar-refractivity contribution < 1.29 is 4.79 Å². The molecule has 0 saturated heterocycles. The number of rotatable bonds is 6. The second-order valence-electron chi connectivity index (χ2n) is 4.87. The lowest BCUT2D eigenvalue weighted by atomic mass is 10.1. The van der Waals surface area contributed by atoms with Crippen LogP contribution in [0.5, 0.6) is 0 Å². The molecule has 0 atom stereocenters. The Kier molecular flexibility index (Phi) is 4.55. The summed E-state index contributed by atoms with van der Waals surface area (Å²) in [5.41, 5.74) is 2.50. The van der Waals surface area contributed by atoms with Crippen molar-refractivity contribution in [3.05, 3.63) is 29.6 Å². The smallest absolute Gasteiger partial charge is 0.251 e. The first kappa shape index (κ1) is 13.6. The molecule has 4 heteroatoms. The van der Waals surface area contributed by atoms with Gasteiger partial charge in [0.05, 0.1) is 11.0 Å². The number of imidazole rings is 1. The molecule has 2 rings (SSSR count). The third-order valence-corrected chi connectivity index (χ3v) is 3.18. The predicted molar refractivity (Wildman–Crippen MR) is 77.3 cm³/mol. The van der Waals surface area contributed by atoms with Crippen LogP contribution >= 0.6 is 0 Å². The summed E-state index contributed by atoms with van der Waals surface area (Å²) in [4.78, 5) is 19.5. The van der Waals surface area contributed by atoms with Crippen LogP contribution < -0.4 is 5.32 Å². The number of amides is 1. The Morgan fingerprint density at radius 3 is 2.95 bits per heavy atom. The summed E-state index contributed by atoms with van der Waals surface area (Å²) >= 11 is 0. The van der Waals surface area contributed by atoms with Crippen LogP contribution in [0.2, 0.25) is 0 Å². The number of nitrogens with zero attached hydrogens (tertiary/aromatic N) is 1. The Bertz CT molecular complexity index is 560. The van der Waals surface area contributed by atoms with Gasteiger partial charge in [-0.15, -0.1) is 0 Å². The molecule has 0 aliphatic heterocycles. The molecule has 1 amide bonds. The zero-order valence-corrected chi connectivity index (χ0v) is 11.6. The van der Waals surface area contributed by atoms with E-state index in [0.717, 1.165) is 29.8 Å². The van der Waals surface area contributed by atoms with Crippen molar-refractivity contribution in [2.24, 2.45) is 0 Å². The maximum Gasteiger partial charge on any atom is 0.251 e. The molecule has 0 saturated carbocycles. The summed E-state index contributed by atoms with van der Waals surface area (Å²) in [6.45, 7) is 4.84. The van der Waals surface area contributed by atoms with Crippen LogP contribution in [0.4, 0.5) is 0 Å². The van der Waals surface area contributed by atoms with Gasteiger partial charge in [-0.2, -0.15) is 0 Å². The zero-order chi connectivity index (χ0) is 13.7. The van der Waals surface area contributed by atoms with Gasteiger partial charge in [0, 0.05) is 12.1 Å². The van der Waals surface area contributed by atoms with Gasteiger partial charge in [-0.1, -0.05) is 26.2 Å². The molecule has 0 spiro atoms. The Balaban J connectivity index is 1.93. The molecule has 19 heavy (non-hydrogen) atoms. The lowest BCUT2D eigenvalue weighted by molar-refractivity contribution is 0.0953. The molecule has 2 N–H and O–H groups in total. The van der Waals surface area contributed by atoms with E-state index in [4.69, 9.17) is 0 Å². The number of carbonyl (C=O) groups excluding carboxylic acids is 1. The number of aromatic nitrogens is 2. The summed E-state index contributed by atoms with van der Waals surface area (Å²) in [6, 6.07) is 5.56. The number of fused-ring (bicyclic) bond motifs is 1. The highest BCUT2D eigenvalue weighted by molar-refractivity contribution is 5.97. The van der Waals surface area contributed by atoms with Gasteiger partial charge in [-0.05, 0) is 31.5 Å². The molecule has 4 nitrogen and oxygen atoms in total. The molecule has 0 radical (unpaired) electrons. The van der Waals surface area contributed by atoms with Gasteiger partial charge in [-0.3, -0.25) is 4.79 Å². The summed E-state index contributed by atoms with van der Waals surface area (Å²) in [7, 11) is 0. The minimum atomic E-state index is -0.00866. The van der Waals surface area contributed by atoms with E-state index in [1.54, 1.807) is 0 Å². The SMILES string of the molecule is CCCCCCNC(=O)c1ccc2nc(C)[nH]c2c1. The van der Waals surface area contributed by atoms with E-state index < -0.39 is 0 Å². The van der Waals surface area contributed by atoms with Gasteiger partial charge >= 0.3 is 0 Å². The number of aromatic amines is 1. The van der Waals surface area contributed by atoms with Gasteiger partial charge in [0.25, 0.3) is 5.91 Å². The first-order chi connectivity index (χ1) is 9.20. The van der Waals surface area contributed by atoms with Gasteiger partial charge in [0.2, 0.25) is 0 Å². The molecule has 0 aliphatic rings. The van der Waals surface area contributed by atoms with Gasteiger partial charge in [0.1, 0.15) is 5.82 Å². The molecule has 2 aromatic rings. The van der Waals surface area contributed by atoms with Crippen molar-refractivity contribution in [1.82, 2.24) is 15.3 Å². The van der Waals surface area contributed by atoms with Crippen LogP contribution in [0.1, 0.15) is 48.8 Å². The number of nitrogens with one attached hydrogen (secondary N) is 2. The third-order valence-electron chi connectivity index (χ3n) is 3.18. The number of unbranched alkanes of at least 4 members (excludes halogenated alkanes) is 3. The monoisotopic (exact) mass is 259 g/mol. The van der Waals surface area contributed by atoms with Crippen molar-refractivity contribution in [2.45, 2.75) is 39.5 Å². The van der Waals surface area contributed by atoms with E-state index >= 15 is 0 Å². The molecule has 102 valence electrons. The van der Waals surface area contributed by atoms with Crippen LogP contribution in [0.25, 0.3) is 11.0 Å². The Morgan fingerprint density at radius 2 is 2.16 bits per heavy atom. The zero-order valence-electron chi connectivity index (χ0n) is 11.6. The molecular formula is C15H21N3O. The van der Waals surface area contributed by atoms with E-state index in [2.05, 4.69) is 22.2 Å². The highest BCUT2D eigenvalue weighted by Gasteiger charge is 2.07. The summed E-state index contributed by atoms with van der Waals surface area (Å²) in [6.07, 6.45) is 4.67. The van der Waals surface area contributed by atoms with Crippen LogP contribution in [-0.4, -0.2) is 22.4 Å². The van der Waals surface area contributed by atoms with E-state index in [1.807, 2.05) is 25.1 Å². The molecule has 1 heterocycles. The van der Waals surface area contributed by atoms with Crippen molar-refractivity contribution in [1.29, 1.82) is 0 Å². The maximum atomic E-state index is 12.0. The number of hydrogen-bond acceptors (Lipinski definition) is 2. The maximum absolute atomic E-state index is 12.0. The number of carbonyl (C=O) groups is 1. The van der Waals surface area contributed by atoms with Crippen molar-refractivity contribution >= 4 is 16.9 Å². The molecule has 1 aromatic carbocycles.